The molecule has 4 aromatic rings. The number of carbonyl (C=O) groups is 1. The minimum absolute atomic E-state index is 0.218. The Hall–Kier alpha value is -3.94. The molecule has 164 valence electrons. The fourth-order valence-electron chi connectivity index (χ4n) is 3.41. The van der Waals surface area contributed by atoms with E-state index in [1.54, 1.807) is 48.0 Å². The molecular formula is C24H25N5O3. The van der Waals surface area contributed by atoms with Crippen molar-refractivity contribution >= 4 is 11.6 Å². The van der Waals surface area contributed by atoms with Crippen LogP contribution in [0.2, 0.25) is 0 Å². The van der Waals surface area contributed by atoms with Gasteiger partial charge in [0, 0.05) is 17.4 Å². The summed E-state index contributed by atoms with van der Waals surface area (Å²) in [5.41, 5.74) is 4.28. The van der Waals surface area contributed by atoms with Crippen LogP contribution in [0.15, 0.2) is 40.8 Å². The van der Waals surface area contributed by atoms with Crippen molar-refractivity contribution in [2.45, 2.75) is 41.5 Å². The van der Waals surface area contributed by atoms with E-state index in [0.717, 1.165) is 17.0 Å². The van der Waals surface area contributed by atoms with Gasteiger partial charge in [0.25, 0.3) is 5.91 Å². The third-order valence-electron chi connectivity index (χ3n) is 5.29. The average Bonchev–Trinajstić information content (AvgIpc) is 3.21. The number of benzene rings is 1. The van der Waals surface area contributed by atoms with Crippen LogP contribution in [0.5, 0.6) is 11.6 Å². The summed E-state index contributed by atoms with van der Waals surface area (Å²) >= 11 is 0. The van der Waals surface area contributed by atoms with E-state index < -0.39 is 0 Å². The Morgan fingerprint density at radius 2 is 1.72 bits per heavy atom. The summed E-state index contributed by atoms with van der Waals surface area (Å²) in [5.74, 6) is 3.31. The number of amides is 1. The summed E-state index contributed by atoms with van der Waals surface area (Å²) in [6.07, 6.45) is 0. The number of carbonyl (C=O) groups excluding carboxylic acids is 1. The Kier molecular flexibility index (Phi) is 5.52. The molecular weight excluding hydrogens is 406 g/mol. The molecule has 8 nitrogen and oxygen atoms in total. The van der Waals surface area contributed by atoms with Crippen LogP contribution < -0.4 is 10.1 Å². The van der Waals surface area contributed by atoms with Crippen LogP contribution in [0.25, 0.3) is 5.82 Å². The lowest BCUT2D eigenvalue weighted by atomic mass is 10.2. The first-order valence-corrected chi connectivity index (χ1v) is 10.3. The van der Waals surface area contributed by atoms with E-state index in [-0.39, 0.29) is 5.91 Å². The zero-order valence-corrected chi connectivity index (χ0v) is 19.0. The molecule has 0 aliphatic carbocycles. The normalized spacial score (nSPS) is 10.9. The van der Waals surface area contributed by atoms with Gasteiger partial charge in [0.1, 0.15) is 23.1 Å². The van der Waals surface area contributed by atoms with Crippen molar-refractivity contribution in [2.24, 2.45) is 0 Å². The van der Waals surface area contributed by atoms with Gasteiger partial charge in [-0.2, -0.15) is 10.1 Å². The Morgan fingerprint density at radius 1 is 1.00 bits per heavy atom. The van der Waals surface area contributed by atoms with Crippen molar-refractivity contribution in [1.29, 1.82) is 0 Å². The maximum absolute atomic E-state index is 12.5. The number of hydrogen-bond donors (Lipinski definition) is 1. The van der Waals surface area contributed by atoms with E-state index in [1.165, 1.54) is 0 Å². The minimum Gasteiger partial charge on any atom is -0.466 e. The van der Waals surface area contributed by atoms with Gasteiger partial charge in [-0.1, -0.05) is 0 Å². The summed E-state index contributed by atoms with van der Waals surface area (Å²) in [6.45, 7) is 11.4. The van der Waals surface area contributed by atoms with E-state index >= 15 is 0 Å². The lowest BCUT2D eigenvalue weighted by Gasteiger charge is -2.10. The zero-order valence-electron chi connectivity index (χ0n) is 19.0. The van der Waals surface area contributed by atoms with Gasteiger partial charge in [-0.05, 0) is 77.4 Å². The lowest BCUT2D eigenvalue weighted by molar-refractivity contribution is 0.102. The summed E-state index contributed by atoms with van der Waals surface area (Å²) < 4.78 is 13.2. The van der Waals surface area contributed by atoms with Crippen LogP contribution in [0.4, 0.5) is 5.69 Å². The van der Waals surface area contributed by atoms with Crippen molar-refractivity contribution in [3.8, 4) is 17.4 Å². The van der Waals surface area contributed by atoms with Crippen LogP contribution in [0.1, 0.15) is 44.7 Å². The Labute approximate surface area is 186 Å². The van der Waals surface area contributed by atoms with Crippen LogP contribution in [0.3, 0.4) is 0 Å². The largest absolute Gasteiger partial charge is 0.466 e. The molecule has 0 saturated carbocycles. The number of rotatable bonds is 5. The summed E-state index contributed by atoms with van der Waals surface area (Å²) in [4.78, 5) is 21.3. The second kappa shape index (κ2) is 8.30. The average molecular weight is 431 g/mol. The van der Waals surface area contributed by atoms with E-state index in [4.69, 9.17) is 9.15 Å². The molecule has 0 aliphatic rings. The van der Waals surface area contributed by atoms with E-state index in [1.807, 2.05) is 34.6 Å². The van der Waals surface area contributed by atoms with E-state index in [2.05, 4.69) is 20.4 Å². The zero-order chi connectivity index (χ0) is 23.0. The predicted octanol–water partition coefficient (Wildman–Crippen LogP) is 5.15. The number of aryl methyl sites for hydroxylation is 4. The van der Waals surface area contributed by atoms with Gasteiger partial charge >= 0.3 is 0 Å². The molecule has 1 amide bonds. The van der Waals surface area contributed by atoms with Crippen LogP contribution in [-0.4, -0.2) is 25.7 Å². The summed E-state index contributed by atoms with van der Waals surface area (Å²) in [5, 5.41) is 7.43. The molecule has 0 radical (unpaired) electrons. The Morgan fingerprint density at radius 3 is 2.31 bits per heavy atom. The highest BCUT2D eigenvalue weighted by molar-refractivity contribution is 6.05. The van der Waals surface area contributed by atoms with Crippen molar-refractivity contribution in [3.05, 3.63) is 76.3 Å². The molecule has 32 heavy (non-hydrogen) atoms. The Balaban J connectivity index is 1.51. The molecule has 0 bridgehead atoms. The van der Waals surface area contributed by atoms with Gasteiger partial charge in [-0.3, -0.25) is 4.79 Å². The second-order valence-corrected chi connectivity index (χ2v) is 7.73. The fourth-order valence-corrected chi connectivity index (χ4v) is 3.41. The van der Waals surface area contributed by atoms with Gasteiger partial charge in [-0.25, -0.2) is 9.67 Å². The van der Waals surface area contributed by atoms with Crippen molar-refractivity contribution in [1.82, 2.24) is 19.7 Å². The topological polar surface area (TPSA) is 95.1 Å². The van der Waals surface area contributed by atoms with Crippen LogP contribution in [0, 0.1) is 41.5 Å². The maximum Gasteiger partial charge on any atom is 0.259 e. The molecule has 1 N–H and O–H groups in total. The number of aromatic nitrogens is 4. The quantitative estimate of drug-likeness (QED) is 0.469. The van der Waals surface area contributed by atoms with Gasteiger partial charge in [-0.15, -0.1) is 0 Å². The number of ether oxygens (including phenoxy) is 1. The predicted molar refractivity (Wildman–Crippen MR) is 121 cm³/mol. The van der Waals surface area contributed by atoms with Gasteiger partial charge < -0.3 is 14.5 Å². The first-order valence-electron chi connectivity index (χ1n) is 10.3. The minimum atomic E-state index is -0.218. The number of nitrogens with one attached hydrogen (secondary N) is 1. The number of anilines is 1. The van der Waals surface area contributed by atoms with Crippen LogP contribution in [-0.2, 0) is 0 Å². The first kappa shape index (κ1) is 21.3. The third-order valence-corrected chi connectivity index (χ3v) is 5.29. The summed E-state index contributed by atoms with van der Waals surface area (Å²) in [7, 11) is 0. The molecule has 0 spiro atoms. The van der Waals surface area contributed by atoms with E-state index in [9.17, 15) is 4.79 Å². The highest BCUT2D eigenvalue weighted by Crippen LogP contribution is 2.25. The smallest absolute Gasteiger partial charge is 0.259 e. The molecule has 0 saturated heterocycles. The molecule has 3 heterocycles. The Bertz CT molecular complexity index is 1300. The molecule has 0 fully saturated rings. The third kappa shape index (κ3) is 4.25. The van der Waals surface area contributed by atoms with Crippen molar-refractivity contribution in [3.63, 3.8) is 0 Å². The maximum atomic E-state index is 12.5. The fraction of sp³-hybridized carbons (Fsp3) is 0.250. The van der Waals surface area contributed by atoms with Gasteiger partial charge in [0.05, 0.1) is 11.3 Å². The monoisotopic (exact) mass is 431 g/mol. The lowest BCUT2D eigenvalue weighted by Crippen LogP contribution is -2.11. The molecule has 8 heteroatoms. The SMILES string of the molecule is Cc1nc(Oc2ccc(NC(=O)c3cc(C)oc3C)cc2)cc(-n2nc(C)c(C)c2C)n1. The highest BCUT2D eigenvalue weighted by atomic mass is 16.5. The van der Waals surface area contributed by atoms with Gasteiger partial charge in [0.15, 0.2) is 5.82 Å². The molecule has 0 unspecified atom stereocenters. The van der Waals surface area contributed by atoms with Crippen LogP contribution >= 0.6 is 0 Å². The van der Waals surface area contributed by atoms with Crippen molar-refractivity contribution < 1.29 is 13.9 Å². The molecule has 4 rings (SSSR count). The van der Waals surface area contributed by atoms with Gasteiger partial charge in [0.2, 0.25) is 5.88 Å². The summed E-state index contributed by atoms with van der Waals surface area (Å²) in [6, 6.07) is 10.6. The number of hydrogen-bond acceptors (Lipinski definition) is 6. The molecule has 3 aromatic heterocycles. The number of furan rings is 1. The second-order valence-electron chi connectivity index (χ2n) is 7.73. The standard InChI is InChI=1S/C24H25N5O3/c1-13-11-21(17(5)31-13)24(30)27-19-7-9-20(10-8-19)32-23-12-22(25-18(6)26-23)29-16(4)14(2)15(3)28-29/h7-12H,1-6H3,(H,27,30). The molecule has 1 aromatic carbocycles. The van der Waals surface area contributed by atoms with E-state index in [0.29, 0.717) is 46.0 Å². The first-order chi connectivity index (χ1) is 15.2. The van der Waals surface area contributed by atoms with Crippen molar-refractivity contribution in [2.75, 3.05) is 5.32 Å². The highest BCUT2D eigenvalue weighted by Gasteiger charge is 2.15. The number of nitrogens with zero attached hydrogens (tertiary/aromatic N) is 4. The molecule has 0 aliphatic heterocycles. The molecule has 0 atom stereocenters.